The largest absolute Gasteiger partial charge is 0.368 e. The third-order valence-electron chi connectivity index (χ3n) is 3.94. The van der Waals surface area contributed by atoms with Crippen molar-refractivity contribution in [1.82, 2.24) is 5.32 Å². The molecular weight excluding hydrogens is 256 g/mol. The van der Waals surface area contributed by atoms with Gasteiger partial charge in [0.1, 0.15) is 0 Å². The predicted octanol–water partition coefficient (Wildman–Crippen LogP) is 2.93. The molecule has 0 aromatic heterocycles. The Labute approximate surface area is 122 Å². The number of hydrogen-bond donors (Lipinski definition) is 2. The van der Waals surface area contributed by atoms with Gasteiger partial charge in [-0.25, -0.2) is 0 Å². The highest BCUT2D eigenvalue weighted by Crippen LogP contribution is 2.31. The number of nitrogens with two attached hydrogens (primary N) is 1. The molecule has 0 bridgehead atoms. The molecule has 1 amide bonds. The van der Waals surface area contributed by atoms with Crippen molar-refractivity contribution in [2.75, 3.05) is 5.75 Å². The van der Waals surface area contributed by atoms with E-state index >= 15 is 0 Å². The molecule has 0 heterocycles. The Bertz CT molecular complexity index is 290. The predicted molar refractivity (Wildman–Crippen MR) is 84.4 cm³/mol. The summed E-state index contributed by atoms with van der Waals surface area (Å²) in [7, 11) is 0. The molecular formula is C15H30N2OS. The van der Waals surface area contributed by atoms with Gasteiger partial charge in [0.15, 0.2) is 0 Å². The van der Waals surface area contributed by atoms with Crippen molar-refractivity contribution in [3.05, 3.63) is 0 Å². The molecule has 1 saturated carbocycles. The van der Waals surface area contributed by atoms with Gasteiger partial charge in [0.25, 0.3) is 0 Å². The second-order valence-corrected chi connectivity index (χ2v) is 7.97. The minimum atomic E-state index is -0.587. The topological polar surface area (TPSA) is 55.1 Å². The Morgan fingerprint density at radius 3 is 2.42 bits per heavy atom. The van der Waals surface area contributed by atoms with Gasteiger partial charge in [-0.05, 0) is 51.7 Å². The molecule has 0 saturated heterocycles. The van der Waals surface area contributed by atoms with E-state index in [0.717, 1.165) is 12.3 Å². The van der Waals surface area contributed by atoms with Crippen LogP contribution < -0.4 is 11.1 Å². The summed E-state index contributed by atoms with van der Waals surface area (Å²) in [5, 5.41) is 3.79. The monoisotopic (exact) mass is 286 g/mol. The second-order valence-electron chi connectivity index (χ2n) is 6.49. The third-order valence-corrected chi connectivity index (χ3v) is 5.34. The Kier molecular flexibility index (Phi) is 6.67. The van der Waals surface area contributed by atoms with E-state index in [1.807, 2.05) is 18.7 Å². The minimum absolute atomic E-state index is 0.241. The summed E-state index contributed by atoms with van der Waals surface area (Å²) in [6.07, 6.45) is 6.37. The van der Waals surface area contributed by atoms with Crippen LogP contribution in [0.1, 0.15) is 59.8 Å². The van der Waals surface area contributed by atoms with E-state index in [0.29, 0.717) is 5.25 Å². The van der Waals surface area contributed by atoms with Gasteiger partial charge in [0.05, 0.1) is 5.54 Å². The van der Waals surface area contributed by atoms with E-state index in [-0.39, 0.29) is 11.9 Å². The summed E-state index contributed by atoms with van der Waals surface area (Å²) in [6.45, 7) is 8.25. The highest BCUT2D eigenvalue weighted by Gasteiger charge is 2.33. The Balaban J connectivity index is 2.41. The number of hydrogen-bond acceptors (Lipinski definition) is 3. The van der Waals surface area contributed by atoms with Gasteiger partial charge >= 0.3 is 0 Å². The molecule has 1 rings (SSSR count). The number of amides is 1. The maximum atomic E-state index is 11.7. The lowest BCUT2D eigenvalue weighted by Crippen LogP contribution is -2.56. The molecule has 2 unspecified atom stereocenters. The minimum Gasteiger partial charge on any atom is -0.368 e. The van der Waals surface area contributed by atoms with Gasteiger partial charge in [-0.15, -0.1) is 0 Å². The average Bonchev–Trinajstić information content (AvgIpc) is 2.77. The Hall–Kier alpha value is -0.220. The quantitative estimate of drug-likeness (QED) is 0.721. The standard InChI is InChI=1S/C15H30N2OS/c1-11(2)17-15(4,14(16)18)9-12(3)19-10-13-7-5-6-8-13/h11-13,17H,5-10H2,1-4H3,(H2,16,18). The fourth-order valence-electron chi connectivity index (χ4n) is 2.98. The van der Waals surface area contributed by atoms with Crippen LogP contribution in [0.15, 0.2) is 0 Å². The summed E-state index contributed by atoms with van der Waals surface area (Å²) >= 11 is 2.00. The first-order chi connectivity index (χ1) is 8.83. The molecule has 1 fully saturated rings. The van der Waals surface area contributed by atoms with E-state index in [1.165, 1.54) is 31.4 Å². The van der Waals surface area contributed by atoms with E-state index < -0.39 is 5.54 Å². The number of thioether (sulfide) groups is 1. The summed E-state index contributed by atoms with van der Waals surface area (Å²) < 4.78 is 0. The number of primary amides is 1. The van der Waals surface area contributed by atoms with Gasteiger partial charge in [-0.3, -0.25) is 4.79 Å². The van der Waals surface area contributed by atoms with Crippen LogP contribution in [-0.2, 0) is 4.79 Å². The van der Waals surface area contributed by atoms with Crippen molar-refractivity contribution >= 4 is 17.7 Å². The molecule has 0 spiro atoms. The lowest BCUT2D eigenvalue weighted by atomic mass is 9.94. The molecule has 0 aromatic rings. The number of rotatable bonds is 8. The molecule has 112 valence electrons. The molecule has 0 radical (unpaired) electrons. The zero-order valence-corrected chi connectivity index (χ0v) is 13.7. The summed E-state index contributed by atoms with van der Waals surface area (Å²) in [5.74, 6) is 1.89. The van der Waals surface area contributed by atoms with Gasteiger partial charge < -0.3 is 11.1 Å². The zero-order valence-electron chi connectivity index (χ0n) is 12.9. The van der Waals surface area contributed by atoms with Gasteiger partial charge in [0.2, 0.25) is 5.91 Å². The van der Waals surface area contributed by atoms with Gasteiger partial charge in [-0.2, -0.15) is 11.8 Å². The highest BCUT2D eigenvalue weighted by molar-refractivity contribution is 7.99. The van der Waals surface area contributed by atoms with Gasteiger partial charge in [-0.1, -0.05) is 19.8 Å². The van der Waals surface area contributed by atoms with Crippen LogP contribution in [0.5, 0.6) is 0 Å². The van der Waals surface area contributed by atoms with Crippen molar-refractivity contribution in [3.8, 4) is 0 Å². The first-order valence-corrected chi connectivity index (χ1v) is 8.57. The first-order valence-electron chi connectivity index (χ1n) is 7.52. The normalized spacial score (nSPS) is 21.5. The molecule has 3 N–H and O–H groups in total. The maximum Gasteiger partial charge on any atom is 0.237 e. The maximum absolute atomic E-state index is 11.7. The van der Waals surface area contributed by atoms with Crippen molar-refractivity contribution in [1.29, 1.82) is 0 Å². The lowest BCUT2D eigenvalue weighted by molar-refractivity contribution is -0.124. The first kappa shape index (κ1) is 16.8. The van der Waals surface area contributed by atoms with Crippen molar-refractivity contribution < 1.29 is 4.79 Å². The zero-order chi connectivity index (χ0) is 14.5. The average molecular weight is 286 g/mol. The lowest BCUT2D eigenvalue weighted by Gasteiger charge is -2.32. The van der Waals surface area contributed by atoms with Crippen molar-refractivity contribution in [2.45, 2.75) is 76.6 Å². The van der Waals surface area contributed by atoms with Crippen LogP contribution in [-0.4, -0.2) is 28.5 Å². The van der Waals surface area contributed by atoms with Crippen LogP contribution >= 0.6 is 11.8 Å². The van der Waals surface area contributed by atoms with Crippen molar-refractivity contribution in [3.63, 3.8) is 0 Å². The molecule has 0 aromatic carbocycles. The van der Waals surface area contributed by atoms with Crippen LogP contribution in [0, 0.1) is 5.92 Å². The number of carbonyl (C=O) groups excluding carboxylic acids is 1. The molecule has 1 aliphatic carbocycles. The fraction of sp³-hybridized carbons (Fsp3) is 0.933. The van der Waals surface area contributed by atoms with Crippen LogP contribution in [0.4, 0.5) is 0 Å². The molecule has 3 nitrogen and oxygen atoms in total. The molecule has 4 heteroatoms. The second kappa shape index (κ2) is 7.53. The summed E-state index contributed by atoms with van der Waals surface area (Å²) in [5.41, 5.74) is 4.99. The van der Waals surface area contributed by atoms with E-state index in [1.54, 1.807) is 0 Å². The van der Waals surface area contributed by atoms with Gasteiger partial charge in [0, 0.05) is 11.3 Å². The SMILES string of the molecule is CC(C)NC(C)(CC(C)SCC1CCCC1)C(N)=O. The van der Waals surface area contributed by atoms with Crippen LogP contribution in [0.2, 0.25) is 0 Å². The van der Waals surface area contributed by atoms with E-state index in [9.17, 15) is 4.79 Å². The van der Waals surface area contributed by atoms with Crippen molar-refractivity contribution in [2.24, 2.45) is 11.7 Å². The smallest absolute Gasteiger partial charge is 0.237 e. The summed E-state index contributed by atoms with van der Waals surface area (Å²) in [6, 6.07) is 0.268. The molecule has 19 heavy (non-hydrogen) atoms. The Morgan fingerprint density at radius 1 is 1.37 bits per heavy atom. The fourth-order valence-corrected chi connectivity index (χ4v) is 4.36. The number of carbonyl (C=O) groups is 1. The Morgan fingerprint density at radius 2 is 1.95 bits per heavy atom. The molecule has 1 aliphatic rings. The number of nitrogens with one attached hydrogen (secondary N) is 1. The van der Waals surface area contributed by atoms with Crippen LogP contribution in [0.25, 0.3) is 0 Å². The summed E-state index contributed by atoms with van der Waals surface area (Å²) in [4.78, 5) is 11.7. The molecule has 2 atom stereocenters. The third kappa shape index (κ3) is 5.74. The molecule has 0 aliphatic heterocycles. The highest BCUT2D eigenvalue weighted by atomic mass is 32.2. The van der Waals surface area contributed by atoms with E-state index in [2.05, 4.69) is 26.1 Å². The van der Waals surface area contributed by atoms with E-state index in [4.69, 9.17) is 5.73 Å². The van der Waals surface area contributed by atoms with Crippen LogP contribution in [0.3, 0.4) is 0 Å².